The Bertz CT molecular complexity index is 2080. The molecule has 41 heavy (non-hydrogen) atoms. The summed E-state index contributed by atoms with van der Waals surface area (Å²) in [6.07, 6.45) is 0. The van der Waals surface area contributed by atoms with Gasteiger partial charge in [0.15, 0.2) is 0 Å². The Morgan fingerprint density at radius 2 is 1.05 bits per heavy atom. The van der Waals surface area contributed by atoms with Crippen LogP contribution in [-0.2, 0) is 5.41 Å². The Hall–Kier alpha value is -5.08. The van der Waals surface area contributed by atoms with Crippen LogP contribution in [0.5, 0.6) is 11.5 Å². The minimum absolute atomic E-state index is 0.130. The Morgan fingerprint density at radius 3 is 1.85 bits per heavy atom. The normalized spacial score (nSPS) is 13.5. The fourth-order valence-corrected chi connectivity index (χ4v) is 6.49. The fourth-order valence-electron chi connectivity index (χ4n) is 6.49. The fraction of sp³-hybridized carbons (Fsp3) is 0.0769. The van der Waals surface area contributed by atoms with Gasteiger partial charge in [0, 0.05) is 33.0 Å². The van der Waals surface area contributed by atoms with Gasteiger partial charge < -0.3 is 9.30 Å². The van der Waals surface area contributed by atoms with E-state index in [1.165, 1.54) is 60.9 Å². The second-order valence-corrected chi connectivity index (χ2v) is 11.4. The molecular weight excluding hydrogens is 498 g/mol. The van der Waals surface area contributed by atoms with Crippen molar-refractivity contribution in [2.24, 2.45) is 0 Å². The number of hydrogen-bond acceptors (Lipinski definition) is 1. The lowest BCUT2D eigenvalue weighted by atomic mass is 9.75. The SMILES string of the molecule is CC1(C)c2ccccc2Oc2ccc(-c3ccc(-c4ccc5c(c4)c4ccccc4n5-c4ccccc4)cc3)cc21. The smallest absolute Gasteiger partial charge is 0.131 e. The quantitative estimate of drug-likeness (QED) is 0.223. The molecule has 0 spiro atoms. The first kappa shape index (κ1) is 23.8. The van der Waals surface area contributed by atoms with Gasteiger partial charge in [-0.3, -0.25) is 0 Å². The highest BCUT2D eigenvalue weighted by atomic mass is 16.5. The summed E-state index contributed by atoms with van der Waals surface area (Å²) in [7, 11) is 0. The van der Waals surface area contributed by atoms with Gasteiger partial charge in [0.2, 0.25) is 0 Å². The lowest BCUT2D eigenvalue weighted by Gasteiger charge is -2.34. The predicted molar refractivity (Wildman–Crippen MR) is 170 cm³/mol. The topological polar surface area (TPSA) is 14.2 Å². The van der Waals surface area contributed by atoms with E-state index in [-0.39, 0.29) is 5.41 Å². The molecule has 0 amide bonds. The molecule has 8 rings (SSSR count). The van der Waals surface area contributed by atoms with E-state index in [9.17, 15) is 0 Å². The number of benzene rings is 6. The highest BCUT2D eigenvalue weighted by molar-refractivity contribution is 6.10. The molecule has 0 radical (unpaired) electrons. The van der Waals surface area contributed by atoms with Crippen LogP contribution in [0.25, 0.3) is 49.7 Å². The van der Waals surface area contributed by atoms with Gasteiger partial charge in [0.1, 0.15) is 11.5 Å². The Balaban J connectivity index is 1.17. The van der Waals surface area contributed by atoms with Crippen molar-refractivity contribution < 1.29 is 4.74 Å². The van der Waals surface area contributed by atoms with Crippen LogP contribution in [0.15, 0.2) is 140 Å². The molecule has 0 fully saturated rings. The highest BCUT2D eigenvalue weighted by Gasteiger charge is 2.34. The molecule has 2 heteroatoms. The zero-order chi connectivity index (χ0) is 27.6. The first-order valence-electron chi connectivity index (χ1n) is 14.2. The van der Waals surface area contributed by atoms with E-state index in [1.807, 2.05) is 6.07 Å². The number of ether oxygens (including phenoxy) is 1. The van der Waals surface area contributed by atoms with Crippen LogP contribution in [-0.4, -0.2) is 4.57 Å². The maximum absolute atomic E-state index is 6.27. The predicted octanol–water partition coefficient (Wildman–Crippen LogP) is 10.5. The summed E-state index contributed by atoms with van der Waals surface area (Å²) < 4.78 is 8.63. The molecule has 7 aromatic rings. The van der Waals surface area contributed by atoms with Gasteiger partial charge in [-0.05, 0) is 70.8 Å². The molecule has 0 atom stereocenters. The molecule has 1 aliphatic heterocycles. The lowest BCUT2D eigenvalue weighted by molar-refractivity contribution is 0.418. The molecule has 2 heterocycles. The van der Waals surface area contributed by atoms with Crippen molar-refractivity contribution in [1.29, 1.82) is 0 Å². The summed E-state index contributed by atoms with van der Waals surface area (Å²) in [6.45, 7) is 4.57. The van der Waals surface area contributed by atoms with Gasteiger partial charge in [0.25, 0.3) is 0 Å². The van der Waals surface area contributed by atoms with E-state index >= 15 is 0 Å². The van der Waals surface area contributed by atoms with Crippen LogP contribution in [0.1, 0.15) is 25.0 Å². The largest absolute Gasteiger partial charge is 0.457 e. The Labute approximate surface area is 240 Å². The zero-order valence-corrected chi connectivity index (χ0v) is 23.1. The third-order valence-corrected chi connectivity index (χ3v) is 8.67. The van der Waals surface area contributed by atoms with Crippen molar-refractivity contribution in [1.82, 2.24) is 4.57 Å². The Morgan fingerprint density at radius 1 is 0.463 bits per heavy atom. The molecule has 0 saturated heterocycles. The summed E-state index contributed by atoms with van der Waals surface area (Å²) in [5, 5.41) is 2.54. The van der Waals surface area contributed by atoms with Crippen molar-refractivity contribution >= 4 is 21.8 Å². The minimum Gasteiger partial charge on any atom is -0.457 e. The van der Waals surface area contributed by atoms with Crippen molar-refractivity contribution in [3.8, 4) is 39.4 Å². The number of aromatic nitrogens is 1. The highest BCUT2D eigenvalue weighted by Crippen LogP contribution is 2.48. The van der Waals surface area contributed by atoms with Gasteiger partial charge in [-0.2, -0.15) is 0 Å². The second-order valence-electron chi connectivity index (χ2n) is 11.4. The van der Waals surface area contributed by atoms with Crippen LogP contribution < -0.4 is 4.74 Å². The van der Waals surface area contributed by atoms with Crippen molar-refractivity contribution in [3.05, 3.63) is 151 Å². The lowest BCUT2D eigenvalue weighted by Crippen LogP contribution is -2.24. The molecule has 1 aliphatic rings. The number of para-hydroxylation sites is 3. The molecule has 0 aliphatic carbocycles. The maximum Gasteiger partial charge on any atom is 0.131 e. The standard InChI is InChI=1S/C39H29NO/c1-39(2)33-13-7-9-15-37(33)41-38-23-21-29(25-34(38)39)27-18-16-26(17-19-27)28-20-22-36-32(24-28)31-12-6-8-14-35(31)40(36)30-10-4-3-5-11-30/h3-25H,1-2H3. The average Bonchev–Trinajstić information content (AvgIpc) is 3.35. The van der Waals surface area contributed by atoms with Gasteiger partial charge in [-0.25, -0.2) is 0 Å². The number of fused-ring (bicyclic) bond motifs is 5. The van der Waals surface area contributed by atoms with Crippen molar-refractivity contribution in [3.63, 3.8) is 0 Å². The monoisotopic (exact) mass is 527 g/mol. The summed E-state index contributed by atoms with van der Waals surface area (Å²) >= 11 is 0. The number of nitrogens with zero attached hydrogens (tertiary/aromatic N) is 1. The van der Waals surface area contributed by atoms with E-state index in [1.54, 1.807) is 0 Å². The summed E-state index contributed by atoms with van der Waals surface area (Å²) in [6, 6.07) is 50.0. The van der Waals surface area contributed by atoms with Gasteiger partial charge in [0.05, 0.1) is 11.0 Å². The molecule has 0 unspecified atom stereocenters. The van der Waals surface area contributed by atoms with Crippen LogP contribution in [0.2, 0.25) is 0 Å². The summed E-state index contributed by atoms with van der Waals surface area (Å²) in [4.78, 5) is 0. The van der Waals surface area contributed by atoms with E-state index in [4.69, 9.17) is 4.74 Å². The molecule has 0 saturated carbocycles. The van der Waals surface area contributed by atoms with E-state index in [0.29, 0.717) is 0 Å². The zero-order valence-electron chi connectivity index (χ0n) is 23.1. The number of rotatable bonds is 3. The number of hydrogen-bond donors (Lipinski definition) is 0. The minimum atomic E-state index is -0.130. The van der Waals surface area contributed by atoms with Gasteiger partial charge in [-0.1, -0.05) is 105 Å². The molecule has 2 nitrogen and oxygen atoms in total. The maximum atomic E-state index is 6.27. The average molecular weight is 528 g/mol. The van der Waals surface area contributed by atoms with Crippen molar-refractivity contribution in [2.45, 2.75) is 19.3 Å². The van der Waals surface area contributed by atoms with E-state index in [0.717, 1.165) is 11.5 Å². The first-order chi connectivity index (χ1) is 20.1. The van der Waals surface area contributed by atoms with Crippen LogP contribution in [0.4, 0.5) is 0 Å². The summed E-state index contributed by atoms with van der Waals surface area (Å²) in [5.74, 6) is 1.89. The Kier molecular flexibility index (Phi) is 5.20. The first-order valence-corrected chi connectivity index (χ1v) is 14.2. The molecule has 0 N–H and O–H groups in total. The molecule has 6 aromatic carbocycles. The molecule has 1 aromatic heterocycles. The van der Waals surface area contributed by atoms with Crippen molar-refractivity contribution in [2.75, 3.05) is 0 Å². The molecule has 0 bridgehead atoms. The molecule has 196 valence electrons. The van der Waals surface area contributed by atoms with Gasteiger partial charge >= 0.3 is 0 Å². The van der Waals surface area contributed by atoms with E-state index in [2.05, 4.69) is 152 Å². The second kappa shape index (κ2) is 8.97. The van der Waals surface area contributed by atoms with Gasteiger partial charge in [-0.15, -0.1) is 0 Å². The molecular formula is C39H29NO. The van der Waals surface area contributed by atoms with Crippen LogP contribution >= 0.6 is 0 Å². The third kappa shape index (κ3) is 3.72. The van der Waals surface area contributed by atoms with Crippen LogP contribution in [0.3, 0.4) is 0 Å². The summed E-state index contributed by atoms with van der Waals surface area (Å²) in [5.41, 5.74) is 10.8. The van der Waals surface area contributed by atoms with Crippen LogP contribution in [0, 0.1) is 0 Å². The third-order valence-electron chi connectivity index (χ3n) is 8.67. The van der Waals surface area contributed by atoms with E-state index < -0.39 is 0 Å².